The van der Waals surface area contributed by atoms with Gasteiger partial charge in [-0.15, -0.1) is 0 Å². The van der Waals surface area contributed by atoms with E-state index < -0.39 is 5.97 Å². The Kier molecular flexibility index (Phi) is 6.99. The van der Waals surface area contributed by atoms with Gasteiger partial charge in [-0.05, 0) is 24.3 Å². The lowest BCUT2D eigenvalue weighted by molar-refractivity contribution is 0.0561. The topological polar surface area (TPSA) is 94.6 Å². The van der Waals surface area contributed by atoms with E-state index in [4.69, 9.17) is 18.3 Å². The second kappa shape index (κ2) is 10.3. The highest BCUT2D eigenvalue weighted by molar-refractivity contribution is 5.86. The molecule has 0 N–H and O–H groups in total. The Morgan fingerprint density at radius 1 is 1.00 bits per heavy atom. The Bertz CT molecular complexity index is 1150. The van der Waals surface area contributed by atoms with Gasteiger partial charge in [0.15, 0.2) is 0 Å². The number of nitrogens with zero attached hydrogens (tertiary/aromatic N) is 2. The molecule has 1 fully saturated rings. The van der Waals surface area contributed by atoms with Gasteiger partial charge in [-0.2, -0.15) is 0 Å². The summed E-state index contributed by atoms with van der Waals surface area (Å²) < 4.78 is 26.5. The van der Waals surface area contributed by atoms with Gasteiger partial charge in [-0.25, -0.2) is 4.79 Å². The van der Waals surface area contributed by atoms with Crippen LogP contribution in [0.2, 0.25) is 0 Å². The zero-order valence-corrected chi connectivity index (χ0v) is 18.6. The Morgan fingerprint density at radius 3 is 2.52 bits per heavy atom. The van der Waals surface area contributed by atoms with E-state index in [-0.39, 0.29) is 23.5 Å². The zero-order valence-electron chi connectivity index (χ0n) is 18.6. The van der Waals surface area contributed by atoms with Crippen molar-refractivity contribution >= 4 is 11.7 Å². The third kappa shape index (κ3) is 5.38. The van der Waals surface area contributed by atoms with Gasteiger partial charge in [0.05, 0.1) is 26.5 Å². The molecule has 0 amide bonds. The van der Waals surface area contributed by atoms with Gasteiger partial charge < -0.3 is 27.9 Å². The number of para-hydroxylation sites is 2. The van der Waals surface area contributed by atoms with E-state index in [0.29, 0.717) is 18.1 Å². The van der Waals surface area contributed by atoms with Crippen LogP contribution in [-0.4, -0.2) is 51.3 Å². The lowest BCUT2D eigenvalue weighted by atomic mass is 10.2. The van der Waals surface area contributed by atoms with Gasteiger partial charge in [0.1, 0.15) is 30.1 Å². The fourth-order valence-corrected chi connectivity index (χ4v) is 3.70. The molecule has 1 aliphatic rings. The van der Waals surface area contributed by atoms with Gasteiger partial charge in [-0.1, -0.05) is 12.1 Å². The van der Waals surface area contributed by atoms with E-state index >= 15 is 0 Å². The van der Waals surface area contributed by atoms with Crippen LogP contribution in [-0.2, 0) is 17.9 Å². The van der Waals surface area contributed by atoms with E-state index in [1.807, 2.05) is 18.2 Å². The first kappa shape index (κ1) is 22.5. The van der Waals surface area contributed by atoms with Crippen molar-refractivity contribution < 1.29 is 27.8 Å². The van der Waals surface area contributed by atoms with E-state index in [2.05, 4.69) is 20.6 Å². The number of hydrogen-bond acceptors (Lipinski definition) is 9. The predicted molar refractivity (Wildman–Crippen MR) is 120 cm³/mol. The highest BCUT2D eigenvalue weighted by Crippen LogP contribution is 2.28. The molecule has 2 aromatic heterocycles. The van der Waals surface area contributed by atoms with Gasteiger partial charge in [0.25, 0.3) is 0 Å². The van der Waals surface area contributed by atoms with Crippen LogP contribution in [0.1, 0.15) is 22.1 Å². The lowest BCUT2D eigenvalue weighted by Gasteiger charge is -2.36. The van der Waals surface area contributed by atoms with Crippen LogP contribution in [0.3, 0.4) is 0 Å². The molecule has 1 saturated heterocycles. The summed E-state index contributed by atoms with van der Waals surface area (Å²) in [4.78, 5) is 28.4. The molecule has 1 aromatic carbocycles. The summed E-state index contributed by atoms with van der Waals surface area (Å²) in [6.45, 7) is 3.90. The highest BCUT2D eigenvalue weighted by atomic mass is 16.5. The van der Waals surface area contributed by atoms with Crippen LogP contribution in [0.5, 0.6) is 11.5 Å². The first-order valence-corrected chi connectivity index (χ1v) is 10.6. The van der Waals surface area contributed by atoms with Gasteiger partial charge in [-0.3, -0.25) is 9.69 Å². The number of furan rings is 1. The van der Waals surface area contributed by atoms with Crippen LogP contribution < -0.4 is 19.8 Å². The third-order valence-electron chi connectivity index (χ3n) is 5.45. The maximum Gasteiger partial charge on any atom is 0.373 e. The minimum absolute atomic E-state index is 0.00793. The first-order chi connectivity index (χ1) is 16.1. The Balaban J connectivity index is 1.30. The van der Waals surface area contributed by atoms with Crippen LogP contribution in [0, 0.1) is 0 Å². The SMILES string of the molecule is COC(=O)c1ccc(COc2coc(CN3CCN(c4ccccc4OC)CC3)cc2=O)o1. The molecule has 9 nitrogen and oxygen atoms in total. The fourth-order valence-electron chi connectivity index (χ4n) is 3.70. The van der Waals surface area contributed by atoms with Crippen molar-refractivity contribution in [3.8, 4) is 11.5 Å². The maximum absolute atomic E-state index is 12.4. The van der Waals surface area contributed by atoms with E-state index in [1.165, 1.54) is 25.5 Å². The molecule has 0 radical (unpaired) electrons. The van der Waals surface area contributed by atoms with Crippen molar-refractivity contribution in [2.45, 2.75) is 13.2 Å². The minimum atomic E-state index is -0.575. The van der Waals surface area contributed by atoms with Crippen LogP contribution in [0.4, 0.5) is 5.69 Å². The quantitative estimate of drug-likeness (QED) is 0.476. The Labute approximate surface area is 191 Å². The summed E-state index contributed by atoms with van der Waals surface area (Å²) in [7, 11) is 2.95. The average molecular weight is 454 g/mol. The van der Waals surface area contributed by atoms with Crippen molar-refractivity contribution in [2.24, 2.45) is 0 Å². The molecule has 0 aliphatic carbocycles. The molecule has 0 spiro atoms. The van der Waals surface area contributed by atoms with E-state index in [1.54, 1.807) is 13.2 Å². The highest BCUT2D eigenvalue weighted by Gasteiger charge is 2.20. The van der Waals surface area contributed by atoms with Gasteiger partial charge in [0, 0.05) is 32.2 Å². The number of carbonyl (C=O) groups excluding carboxylic acids is 1. The number of hydrogen-bond donors (Lipinski definition) is 0. The van der Waals surface area contributed by atoms with Crippen molar-refractivity contribution in [1.29, 1.82) is 0 Å². The molecule has 3 aromatic rings. The summed E-state index contributed by atoms with van der Waals surface area (Å²) in [5.41, 5.74) is 0.812. The van der Waals surface area contributed by atoms with Gasteiger partial charge in [0.2, 0.25) is 16.9 Å². The minimum Gasteiger partial charge on any atom is -0.495 e. The molecule has 3 heterocycles. The molecular weight excluding hydrogens is 428 g/mol. The molecule has 9 heteroatoms. The number of benzene rings is 1. The number of esters is 1. The van der Waals surface area contributed by atoms with Crippen molar-refractivity contribution in [3.05, 3.63) is 76.2 Å². The Morgan fingerprint density at radius 2 is 1.79 bits per heavy atom. The largest absolute Gasteiger partial charge is 0.495 e. The number of carbonyl (C=O) groups is 1. The summed E-state index contributed by atoms with van der Waals surface area (Å²) in [6, 6.07) is 12.5. The molecule has 0 bridgehead atoms. The number of rotatable bonds is 8. The average Bonchev–Trinajstić information content (AvgIpc) is 3.32. The second-order valence-corrected chi connectivity index (χ2v) is 7.56. The fraction of sp³-hybridized carbons (Fsp3) is 0.333. The van der Waals surface area contributed by atoms with Crippen LogP contribution >= 0.6 is 0 Å². The molecule has 0 atom stereocenters. The smallest absolute Gasteiger partial charge is 0.373 e. The zero-order chi connectivity index (χ0) is 23.2. The summed E-state index contributed by atoms with van der Waals surface area (Å²) in [6.07, 6.45) is 1.31. The summed E-state index contributed by atoms with van der Waals surface area (Å²) >= 11 is 0. The molecule has 0 saturated carbocycles. The predicted octanol–water partition coefficient (Wildman–Crippen LogP) is 2.93. The normalized spacial score (nSPS) is 14.2. The summed E-state index contributed by atoms with van der Waals surface area (Å²) in [5, 5.41) is 0. The van der Waals surface area contributed by atoms with E-state index in [0.717, 1.165) is 37.6 Å². The molecule has 1 aliphatic heterocycles. The number of methoxy groups -OCH3 is 2. The maximum atomic E-state index is 12.4. The van der Waals surface area contributed by atoms with Crippen molar-refractivity contribution in [1.82, 2.24) is 4.90 Å². The number of anilines is 1. The molecule has 174 valence electrons. The van der Waals surface area contributed by atoms with Crippen molar-refractivity contribution in [2.75, 3.05) is 45.3 Å². The standard InChI is InChI=1S/C24H26N2O7/c1-29-21-6-4-3-5-19(21)26-11-9-25(10-12-26)14-18-13-20(27)23(16-31-18)32-15-17-7-8-22(33-17)24(28)30-2/h3-8,13,16H,9-12,14-15H2,1-2H3. The third-order valence-corrected chi connectivity index (χ3v) is 5.45. The number of ether oxygens (including phenoxy) is 3. The second-order valence-electron chi connectivity index (χ2n) is 7.56. The summed E-state index contributed by atoms with van der Waals surface area (Å²) in [5.74, 6) is 1.41. The van der Waals surface area contributed by atoms with Crippen LogP contribution in [0.15, 0.2) is 62.4 Å². The monoisotopic (exact) mass is 454 g/mol. The molecular formula is C24H26N2O7. The number of piperazine rings is 1. The first-order valence-electron chi connectivity index (χ1n) is 10.6. The molecule has 33 heavy (non-hydrogen) atoms. The molecule has 0 unspecified atom stereocenters. The van der Waals surface area contributed by atoms with Crippen molar-refractivity contribution in [3.63, 3.8) is 0 Å². The lowest BCUT2D eigenvalue weighted by Crippen LogP contribution is -2.46. The van der Waals surface area contributed by atoms with Gasteiger partial charge >= 0.3 is 5.97 Å². The Hall–Kier alpha value is -3.72. The van der Waals surface area contributed by atoms with E-state index in [9.17, 15) is 9.59 Å². The molecule has 4 rings (SSSR count). The van der Waals surface area contributed by atoms with Crippen LogP contribution in [0.25, 0.3) is 0 Å².